The molecule has 27 heavy (non-hydrogen) atoms. The maximum Gasteiger partial charge on any atom is 0.259 e. The zero-order chi connectivity index (χ0) is 19.4. The lowest BCUT2D eigenvalue weighted by Gasteiger charge is -2.10. The number of hydrogen-bond donors (Lipinski definition) is 3. The topological polar surface area (TPSA) is 92.4 Å². The minimum Gasteiger partial charge on any atom is -0.507 e. The van der Waals surface area contributed by atoms with Gasteiger partial charge in [-0.2, -0.15) is 0 Å². The SMILES string of the molecule is NC(=O)c1cc(NC(=O)c2cc(Cc3ccccc3)ccc2O)ccc1F. The number of carbonyl (C=O) groups is 2. The van der Waals surface area contributed by atoms with Crippen molar-refractivity contribution in [3.63, 3.8) is 0 Å². The number of nitrogens with two attached hydrogens (primary N) is 1. The highest BCUT2D eigenvalue weighted by atomic mass is 19.1. The molecule has 2 amide bonds. The fourth-order valence-corrected chi connectivity index (χ4v) is 2.70. The molecule has 0 aliphatic rings. The third kappa shape index (κ3) is 4.30. The Kier molecular flexibility index (Phi) is 5.17. The Labute approximate surface area is 155 Å². The summed E-state index contributed by atoms with van der Waals surface area (Å²) < 4.78 is 13.6. The Balaban J connectivity index is 1.83. The molecule has 3 aromatic carbocycles. The summed E-state index contributed by atoms with van der Waals surface area (Å²) in [7, 11) is 0. The predicted octanol–water partition coefficient (Wildman–Crippen LogP) is 3.47. The number of rotatable bonds is 5. The van der Waals surface area contributed by atoms with Gasteiger partial charge in [-0.1, -0.05) is 36.4 Å². The maximum atomic E-state index is 13.6. The van der Waals surface area contributed by atoms with Crippen molar-refractivity contribution in [3.8, 4) is 5.75 Å². The molecule has 0 atom stereocenters. The van der Waals surface area contributed by atoms with E-state index in [2.05, 4.69) is 5.32 Å². The fourth-order valence-electron chi connectivity index (χ4n) is 2.70. The van der Waals surface area contributed by atoms with Crippen LogP contribution in [0.3, 0.4) is 0 Å². The summed E-state index contributed by atoms with van der Waals surface area (Å²) in [6.45, 7) is 0. The third-order valence-corrected chi connectivity index (χ3v) is 4.05. The van der Waals surface area contributed by atoms with Crippen LogP contribution in [0, 0.1) is 5.82 Å². The van der Waals surface area contributed by atoms with Gasteiger partial charge < -0.3 is 16.2 Å². The van der Waals surface area contributed by atoms with Crippen LogP contribution in [0.2, 0.25) is 0 Å². The van der Waals surface area contributed by atoms with Gasteiger partial charge in [0.15, 0.2) is 0 Å². The Morgan fingerprint density at radius 1 is 0.926 bits per heavy atom. The minimum absolute atomic E-state index is 0.0772. The van der Waals surface area contributed by atoms with Crippen LogP contribution in [0.4, 0.5) is 10.1 Å². The van der Waals surface area contributed by atoms with E-state index in [1.54, 1.807) is 12.1 Å². The van der Waals surface area contributed by atoms with Crippen LogP contribution in [0.5, 0.6) is 5.75 Å². The van der Waals surface area contributed by atoms with Crippen molar-refractivity contribution >= 4 is 17.5 Å². The van der Waals surface area contributed by atoms with Crippen molar-refractivity contribution < 1.29 is 19.1 Å². The summed E-state index contributed by atoms with van der Waals surface area (Å²) in [5.74, 6) is -2.46. The number of benzene rings is 3. The van der Waals surface area contributed by atoms with E-state index < -0.39 is 17.6 Å². The lowest BCUT2D eigenvalue weighted by atomic mass is 10.0. The number of carbonyl (C=O) groups excluding carboxylic acids is 2. The van der Waals surface area contributed by atoms with Crippen molar-refractivity contribution in [2.45, 2.75) is 6.42 Å². The third-order valence-electron chi connectivity index (χ3n) is 4.05. The van der Waals surface area contributed by atoms with E-state index in [-0.39, 0.29) is 22.6 Å². The summed E-state index contributed by atoms with van der Waals surface area (Å²) in [5.41, 5.74) is 6.98. The second-order valence-electron chi connectivity index (χ2n) is 6.03. The normalized spacial score (nSPS) is 10.4. The molecule has 0 radical (unpaired) electrons. The highest BCUT2D eigenvalue weighted by molar-refractivity contribution is 6.06. The van der Waals surface area contributed by atoms with Crippen molar-refractivity contribution in [2.24, 2.45) is 5.73 Å². The Bertz CT molecular complexity index is 1000. The van der Waals surface area contributed by atoms with Gasteiger partial charge in [0.2, 0.25) is 0 Å². The van der Waals surface area contributed by atoms with Gasteiger partial charge in [0, 0.05) is 5.69 Å². The van der Waals surface area contributed by atoms with Gasteiger partial charge >= 0.3 is 0 Å². The largest absolute Gasteiger partial charge is 0.507 e. The first-order valence-corrected chi connectivity index (χ1v) is 8.20. The molecule has 0 spiro atoms. The first-order valence-electron chi connectivity index (χ1n) is 8.20. The predicted molar refractivity (Wildman–Crippen MR) is 100 cm³/mol. The summed E-state index contributed by atoms with van der Waals surface area (Å²) >= 11 is 0. The van der Waals surface area contributed by atoms with E-state index in [1.165, 1.54) is 12.1 Å². The molecule has 0 heterocycles. The number of hydrogen-bond acceptors (Lipinski definition) is 3. The number of anilines is 1. The molecule has 0 aliphatic heterocycles. The Morgan fingerprint density at radius 2 is 1.67 bits per heavy atom. The standard InChI is InChI=1S/C21H17FN2O3/c22-18-8-7-15(12-16(18)20(23)26)24-21(27)17-11-14(6-9-19(17)25)10-13-4-2-1-3-5-13/h1-9,11-12,25H,10H2,(H2,23,26)(H,24,27). The van der Waals surface area contributed by atoms with Crippen molar-refractivity contribution in [3.05, 3.63) is 94.8 Å². The molecule has 3 aromatic rings. The second-order valence-corrected chi connectivity index (χ2v) is 6.03. The maximum absolute atomic E-state index is 13.6. The average molecular weight is 364 g/mol. The lowest BCUT2D eigenvalue weighted by Crippen LogP contribution is -2.16. The Hall–Kier alpha value is -3.67. The molecule has 0 unspecified atom stereocenters. The molecule has 136 valence electrons. The second kappa shape index (κ2) is 7.70. The van der Waals surface area contributed by atoms with E-state index in [0.29, 0.717) is 6.42 Å². The quantitative estimate of drug-likeness (QED) is 0.647. The lowest BCUT2D eigenvalue weighted by molar-refractivity contribution is 0.0992. The van der Waals surface area contributed by atoms with Crippen LogP contribution >= 0.6 is 0 Å². The number of phenolic OH excluding ortho intramolecular Hbond substituents is 1. The van der Waals surface area contributed by atoms with E-state index >= 15 is 0 Å². The van der Waals surface area contributed by atoms with Crippen LogP contribution in [0.25, 0.3) is 0 Å². The molecule has 0 saturated carbocycles. The summed E-state index contributed by atoms with van der Waals surface area (Å²) in [6.07, 6.45) is 0.601. The summed E-state index contributed by atoms with van der Waals surface area (Å²) in [6, 6.07) is 18.0. The van der Waals surface area contributed by atoms with E-state index in [1.807, 2.05) is 30.3 Å². The molecule has 6 heteroatoms. The molecule has 0 aromatic heterocycles. The van der Waals surface area contributed by atoms with Crippen molar-refractivity contribution in [1.82, 2.24) is 0 Å². The number of primary amides is 1. The molecule has 0 fully saturated rings. The van der Waals surface area contributed by atoms with E-state index in [4.69, 9.17) is 5.73 Å². The van der Waals surface area contributed by atoms with E-state index in [0.717, 1.165) is 23.3 Å². The number of nitrogens with one attached hydrogen (secondary N) is 1. The summed E-state index contributed by atoms with van der Waals surface area (Å²) in [5, 5.41) is 12.6. The van der Waals surface area contributed by atoms with Gasteiger partial charge in [-0.25, -0.2) is 4.39 Å². The summed E-state index contributed by atoms with van der Waals surface area (Å²) in [4.78, 5) is 23.8. The van der Waals surface area contributed by atoms with Crippen LogP contribution in [0.1, 0.15) is 31.8 Å². The number of aromatic hydroxyl groups is 1. The molecule has 0 saturated heterocycles. The monoisotopic (exact) mass is 364 g/mol. The van der Waals surface area contributed by atoms with Gasteiger partial charge in [0.1, 0.15) is 11.6 Å². The molecule has 3 rings (SSSR count). The van der Waals surface area contributed by atoms with Crippen molar-refractivity contribution in [2.75, 3.05) is 5.32 Å². The highest BCUT2D eigenvalue weighted by Crippen LogP contribution is 2.22. The molecule has 5 nitrogen and oxygen atoms in total. The zero-order valence-corrected chi connectivity index (χ0v) is 14.3. The van der Waals surface area contributed by atoms with E-state index in [9.17, 15) is 19.1 Å². The first-order chi connectivity index (χ1) is 12.9. The fraction of sp³-hybridized carbons (Fsp3) is 0.0476. The molecule has 4 N–H and O–H groups in total. The van der Waals surface area contributed by atoms with Gasteiger partial charge in [-0.15, -0.1) is 0 Å². The number of amides is 2. The molecule has 0 aliphatic carbocycles. The van der Waals surface area contributed by atoms with Gasteiger partial charge in [-0.3, -0.25) is 9.59 Å². The van der Waals surface area contributed by atoms with Crippen LogP contribution < -0.4 is 11.1 Å². The molecular formula is C21H17FN2O3. The molecular weight excluding hydrogens is 347 g/mol. The van der Waals surface area contributed by atoms with Crippen LogP contribution in [0.15, 0.2) is 66.7 Å². The first kappa shape index (κ1) is 18.1. The van der Waals surface area contributed by atoms with Gasteiger partial charge in [0.05, 0.1) is 11.1 Å². The highest BCUT2D eigenvalue weighted by Gasteiger charge is 2.15. The van der Waals surface area contributed by atoms with Crippen LogP contribution in [-0.2, 0) is 6.42 Å². The molecule has 0 bridgehead atoms. The number of halogens is 1. The van der Waals surface area contributed by atoms with Crippen molar-refractivity contribution in [1.29, 1.82) is 0 Å². The minimum atomic E-state index is -0.934. The van der Waals surface area contributed by atoms with Crippen LogP contribution in [-0.4, -0.2) is 16.9 Å². The smallest absolute Gasteiger partial charge is 0.259 e. The number of phenols is 1. The van der Waals surface area contributed by atoms with Gasteiger partial charge in [0.25, 0.3) is 11.8 Å². The average Bonchev–Trinajstić information content (AvgIpc) is 2.65. The Morgan fingerprint density at radius 3 is 2.37 bits per heavy atom. The van der Waals surface area contributed by atoms with Gasteiger partial charge in [-0.05, 0) is 47.9 Å². The zero-order valence-electron chi connectivity index (χ0n) is 14.3.